The summed E-state index contributed by atoms with van der Waals surface area (Å²) >= 11 is 0. The van der Waals surface area contributed by atoms with Crippen molar-refractivity contribution in [3.63, 3.8) is 0 Å². The number of methoxy groups -OCH3 is 3. The van der Waals surface area contributed by atoms with Crippen LogP contribution in [0.5, 0.6) is 17.2 Å². The summed E-state index contributed by atoms with van der Waals surface area (Å²) in [4.78, 5) is 22.8. The molecule has 2 aromatic rings. The predicted molar refractivity (Wildman–Crippen MR) is 104 cm³/mol. The molecule has 0 heterocycles. The van der Waals surface area contributed by atoms with Gasteiger partial charge in [0, 0.05) is 17.8 Å². The maximum absolute atomic E-state index is 12.3. The summed E-state index contributed by atoms with van der Waals surface area (Å²) in [7, 11) is 4.36. The van der Waals surface area contributed by atoms with Gasteiger partial charge in [-0.3, -0.25) is 14.9 Å². The van der Waals surface area contributed by atoms with Crippen LogP contribution in [0.1, 0.15) is 15.9 Å². The minimum Gasteiger partial charge on any atom is -0.493 e. The molecule has 0 saturated heterocycles. The molecule has 9 heteroatoms. The standard InChI is InChI=1S/C19H19N3O6/c1-26-16-11-14(12-17(27-2)18(16)28-3)19(23)21-20-10-6-8-13-7-4-5-9-15(13)22(24)25/h4-12H,1-3H3,(H,21,23)/b8-6+,20-10-. The lowest BCUT2D eigenvalue weighted by atomic mass is 10.1. The molecule has 0 bridgehead atoms. The molecule has 1 N–H and O–H groups in total. The second kappa shape index (κ2) is 9.72. The van der Waals surface area contributed by atoms with Gasteiger partial charge in [0.05, 0.1) is 31.8 Å². The quantitative estimate of drug-likeness (QED) is 0.425. The SMILES string of the molecule is COc1cc(C(=O)N/N=C\C=C\c2ccccc2[N+](=O)[O-])cc(OC)c1OC. The van der Waals surface area contributed by atoms with E-state index in [2.05, 4.69) is 10.5 Å². The van der Waals surface area contributed by atoms with Gasteiger partial charge in [0.25, 0.3) is 11.6 Å². The van der Waals surface area contributed by atoms with Crippen LogP contribution >= 0.6 is 0 Å². The molecule has 9 nitrogen and oxygen atoms in total. The fourth-order valence-electron chi connectivity index (χ4n) is 2.36. The molecule has 0 unspecified atom stereocenters. The Hall–Kier alpha value is -3.88. The number of carbonyl (C=O) groups is 1. The van der Waals surface area contributed by atoms with Crippen molar-refractivity contribution >= 4 is 23.9 Å². The number of para-hydroxylation sites is 1. The highest BCUT2D eigenvalue weighted by Gasteiger charge is 2.16. The van der Waals surface area contributed by atoms with E-state index in [1.807, 2.05) is 0 Å². The van der Waals surface area contributed by atoms with Crippen molar-refractivity contribution in [3.8, 4) is 17.2 Å². The third-order valence-corrected chi connectivity index (χ3v) is 3.66. The van der Waals surface area contributed by atoms with Crippen LogP contribution in [-0.2, 0) is 0 Å². The van der Waals surface area contributed by atoms with Crippen LogP contribution in [0.25, 0.3) is 6.08 Å². The Morgan fingerprint density at radius 1 is 1.11 bits per heavy atom. The number of hydrogen-bond acceptors (Lipinski definition) is 7. The van der Waals surface area contributed by atoms with E-state index in [9.17, 15) is 14.9 Å². The molecule has 0 fully saturated rings. The Balaban J connectivity index is 2.09. The number of nitro benzene ring substituents is 1. The van der Waals surface area contributed by atoms with Crippen LogP contribution in [0.4, 0.5) is 5.69 Å². The molecule has 146 valence electrons. The van der Waals surface area contributed by atoms with Crippen molar-refractivity contribution in [2.45, 2.75) is 0 Å². The summed E-state index contributed by atoms with van der Waals surface area (Å²) in [6.45, 7) is 0. The minimum atomic E-state index is -0.491. The van der Waals surface area contributed by atoms with Gasteiger partial charge in [-0.05, 0) is 30.4 Å². The monoisotopic (exact) mass is 385 g/mol. The van der Waals surface area contributed by atoms with E-state index in [0.29, 0.717) is 22.8 Å². The van der Waals surface area contributed by atoms with E-state index in [4.69, 9.17) is 14.2 Å². The molecule has 0 saturated carbocycles. The number of nitro groups is 1. The maximum atomic E-state index is 12.3. The van der Waals surface area contributed by atoms with Crippen molar-refractivity contribution in [2.75, 3.05) is 21.3 Å². The van der Waals surface area contributed by atoms with Crippen molar-refractivity contribution < 1.29 is 23.9 Å². The molecule has 0 aliphatic rings. The maximum Gasteiger partial charge on any atom is 0.276 e. The Morgan fingerprint density at radius 3 is 2.32 bits per heavy atom. The molecule has 0 aromatic heterocycles. The first kappa shape index (κ1) is 20.4. The van der Waals surface area contributed by atoms with E-state index in [1.54, 1.807) is 18.2 Å². The average molecular weight is 385 g/mol. The molecule has 0 aliphatic heterocycles. The van der Waals surface area contributed by atoms with Crippen LogP contribution in [0.3, 0.4) is 0 Å². The van der Waals surface area contributed by atoms with Crippen LogP contribution in [0.2, 0.25) is 0 Å². The second-order valence-corrected chi connectivity index (χ2v) is 5.31. The van der Waals surface area contributed by atoms with Gasteiger partial charge in [-0.15, -0.1) is 0 Å². The average Bonchev–Trinajstić information content (AvgIpc) is 2.72. The largest absolute Gasteiger partial charge is 0.493 e. The van der Waals surface area contributed by atoms with E-state index < -0.39 is 10.8 Å². The summed E-state index contributed by atoms with van der Waals surface area (Å²) in [6.07, 6.45) is 4.32. The van der Waals surface area contributed by atoms with Gasteiger partial charge in [0.2, 0.25) is 5.75 Å². The van der Waals surface area contributed by atoms with Crippen LogP contribution in [0, 0.1) is 10.1 Å². The number of rotatable bonds is 8. The van der Waals surface area contributed by atoms with Gasteiger partial charge in [-0.2, -0.15) is 5.10 Å². The van der Waals surface area contributed by atoms with Gasteiger partial charge < -0.3 is 14.2 Å². The molecule has 1 amide bonds. The number of nitrogens with zero attached hydrogens (tertiary/aromatic N) is 2. The molecule has 2 aromatic carbocycles. The summed E-state index contributed by atoms with van der Waals surface area (Å²) in [5.74, 6) is 0.562. The van der Waals surface area contributed by atoms with Crippen molar-refractivity contribution in [2.24, 2.45) is 5.10 Å². The fraction of sp³-hybridized carbons (Fsp3) is 0.158. The number of hydrogen-bond donors (Lipinski definition) is 1. The third-order valence-electron chi connectivity index (χ3n) is 3.66. The number of allylic oxidation sites excluding steroid dienone is 1. The van der Waals surface area contributed by atoms with Gasteiger partial charge >= 0.3 is 0 Å². The number of amides is 1. The lowest BCUT2D eigenvalue weighted by Gasteiger charge is -2.13. The van der Waals surface area contributed by atoms with Gasteiger partial charge in [-0.1, -0.05) is 12.1 Å². The third kappa shape index (κ3) is 4.85. The first-order valence-electron chi connectivity index (χ1n) is 8.05. The number of nitrogens with one attached hydrogen (secondary N) is 1. The topological polar surface area (TPSA) is 112 Å². The number of carbonyl (C=O) groups excluding carboxylic acids is 1. The molecule has 0 atom stereocenters. The normalized spacial score (nSPS) is 10.8. The molecule has 28 heavy (non-hydrogen) atoms. The Bertz CT molecular complexity index is 899. The number of ether oxygens (including phenoxy) is 3. The zero-order chi connectivity index (χ0) is 20.5. The summed E-state index contributed by atoms with van der Waals surface area (Å²) < 4.78 is 15.6. The summed E-state index contributed by atoms with van der Waals surface area (Å²) in [6, 6.07) is 9.28. The Kier molecular flexibility index (Phi) is 7.09. The van der Waals surface area contributed by atoms with E-state index >= 15 is 0 Å². The first-order valence-corrected chi connectivity index (χ1v) is 8.05. The summed E-state index contributed by atoms with van der Waals surface area (Å²) in [5, 5.41) is 14.8. The molecule has 2 rings (SSSR count). The lowest BCUT2D eigenvalue weighted by molar-refractivity contribution is -0.385. The van der Waals surface area contributed by atoms with E-state index in [0.717, 1.165) is 0 Å². The fourth-order valence-corrected chi connectivity index (χ4v) is 2.36. The molecule has 0 spiro atoms. The van der Waals surface area contributed by atoms with E-state index in [-0.39, 0.29) is 11.3 Å². The minimum absolute atomic E-state index is 0.0198. The number of benzene rings is 2. The summed E-state index contributed by atoms with van der Waals surface area (Å²) in [5.41, 5.74) is 3.02. The highest BCUT2D eigenvalue weighted by molar-refractivity contribution is 5.96. The van der Waals surface area contributed by atoms with Gasteiger partial charge in [0.1, 0.15) is 0 Å². The molecule has 0 radical (unpaired) electrons. The Labute approximate surface area is 161 Å². The smallest absolute Gasteiger partial charge is 0.276 e. The van der Waals surface area contributed by atoms with E-state index in [1.165, 1.54) is 57.9 Å². The highest BCUT2D eigenvalue weighted by atomic mass is 16.6. The van der Waals surface area contributed by atoms with Crippen LogP contribution in [0.15, 0.2) is 47.6 Å². The zero-order valence-electron chi connectivity index (χ0n) is 15.5. The van der Waals surface area contributed by atoms with Crippen LogP contribution < -0.4 is 19.6 Å². The van der Waals surface area contributed by atoms with Crippen LogP contribution in [-0.4, -0.2) is 38.4 Å². The van der Waals surface area contributed by atoms with Gasteiger partial charge in [0.15, 0.2) is 11.5 Å². The van der Waals surface area contributed by atoms with Crippen molar-refractivity contribution in [1.29, 1.82) is 0 Å². The Morgan fingerprint density at radius 2 is 1.75 bits per heavy atom. The van der Waals surface area contributed by atoms with Crippen molar-refractivity contribution in [1.82, 2.24) is 5.43 Å². The zero-order valence-corrected chi connectivity index (χ0v) is 15.5. The number of hydrazone groups is 1. The molecular formula is C19H19N3O6. The van der Waals surface area contributed by atoms with Gasteiger partial charge in [-0.25, -0.2) is 5.43 Å². The second-order valence-electron chi connectivity index (χ2n) is 5.31. The first-order chi connectivity index (χ1) is 13.5. The highest BCUT2D eigenvalue weighted by Crippen LogP contribution is 2.38. The molecular weight excluding hydrogens is 366 g/mol. The predicted octanol–water partition coefficient (Wildman–Crippen LogP) is 3.05. The molecule has 0 aliphatic carbocycles. The van der Waals surface area contributed by atoms with Crippen molar-refractivity contribution in [3.05, 3.63) is 63.7 Å². The lowest BCUT2D eigenvalue weighted by Crippen LogP contribution is -2.17.